The quantitative estimate of drug-likeness (QED) is 0.771. The van der Waals surface area contributed by atoms with Crippen LogP contribution >= 0.6 is 0 Å². The third kappa shape index (κ3) is 3.13. The van der Waals surface area contributed by atoms with Crippen molar-refractivity contribution in [2.24, 2.45) is 0 Å². The Morgan fingerprint density at radius 1 is 1.13 bits per heavy atom. The van der Waals surface area contributed by atoms with Gasteiger partial charge in [0.1, 0.15) is 6.04 Å². The van der Waals surface area contributed by atoms with E-state index in [2.05, 4.69) is 15.3 Å². The second-order valence-corrected chi connectivity index (χ2v) is 5.49. The Balaban J connectivity index is 2.18. The first kappa shape index (κ1) is 15.0. The molecule has 0 unspecified atom stereocenters. The lowest BCUT2D eigenvalue weighted by Gasteiger charge is -2.13. The molecule has 0 aliphatic rings. The summed E-state index contributed by atoms with van der Waals surface area (Å²) in [4.78, 5) is 20.0. The van der Waals surface area contributed by atoms with Gasteiger partial charge in [-0.05, 0) is 26.0 Å². The van der Waals surface area contributed by atoms with Gasteiger partial charge in [-0.1, -0.05) is 42.0 Å². The molecule has 3 aromatic rings. The van der Waals surface area contributed by atoms with Gasteiger partial charge in [0.05, 0.1) is 11.2 Å². The fraction of sp³-hybridized carbons (Fsp3) is 0.167. The van der Waals surface area contributed by atoms with Gasteiger partial charge in [-0.25, -0.2) is 9.97 Å². The zero-order valence-electron chi connectivity index (χ0n) is 12.9. The fourth-order valence-corrected chi connectivity index (χ4v) is 2.38. The molecule has 1 atom stereocenters. The minimum absolute atomic E-state index is 0.315. The summed E-state index contributed by atoms with van der Waals surface area (Å²) in [5.41, 5.74) is 3.67. The van der Waals surface area contributed by atoms with Gasteiger partial charge in [-0.2, -0.15) is 0 Å². The Bertz CT molecular complexity index is 863. The first-order chi connectivity index (χ1) is 11.0. The topological polar surface area (TPSA) is 75.1 Å². The van der Waals surface area contributed by atoms with Gasteiger partial charge in [0.15, 0.2) is 0 Å². The van der Waals surface area contributed by atoms with Crippen molar-refractivity contribution in [3.8, 4) is 11.3 Å². The second-order valence-electron chi connectivity index (χ2n) is 5.49. The van der Waals surface area contributed by atoms with Crippen molar-refractivity contribution in [1.29, 1.82) is 0 Å². The van der Waals surface area contributed by atoms with E-state index in [9.17, 15) is 4.79 Å². The maximum atomic E-state index is 11.0. The number of carboxylic acid groups (broad SMARTS) is 1. The second kappa shape index (κ2) is 6.04. The number of nitrogens with zero attached hydrogens (tertiary/aromatic N) is 2. The van der Waals surface area contributed by atoms with Crippen LogP contribution in [0.1, 0.15) is 12.5 Å². The molecule has 1 heterocycles. The molecule has 5 nitrogen and oxygen atoms in total. The predicted molar refractivity (Wildman–Crippen MR) is 90.4 cm³/mol. The third-order valence-corrected chi connectivity index (χ3v) is 3.61. The molecule has 0 aliphatic carbocycles. The van der Waals surface area contributed by atoms with Gasteiger partial charge >= 0.3 is 5.97 Å². The van der Waals surface area contributed by atoms with Crippen LogP contribution in [0.3, 0.4) is 0 Å². The van der Waals surface area contributed by atoms with Crippen molar-refractivity contribution in [2.45, 2.75) is 19.9 Å². The standard InChI is InChI=1S/C18H17N3O2/c1-11-8-9-15-14(10-11)16(13-6-4-3-5-7-13)21-18(20-15)19-12(2)17(22)23/h3-10,12H,1-2H3,(H,22,23)(H,19,20,21)/t12-/m1/s1. The van der Waals surface area contributed by atoms with Gasteiger partial charge in [-0.15, -0.1) is 0 Å². The number of hydrogen-bond donors (Lipinski definition) is 2. The molecule has 23 heavy (non-hydrogen) atoms. The van der Waals surface area contributed by atoms with E-state index in [0.717, 1.165) is 27.7 Å². The van der Waals surface area contributed by atoms with E-state index in [-0.39, 0.29) is 0 Å². The molecule has 0 saturated carbocycles. The maximum Gasteiger partial charge on any atom is 0.325 e. The normalized spacial score (nSPS) is 12.1. The van der Waals surface area contributed by atoms with Crippen molar-refractivity contribution < 1.29 is 9.90 Å². The zero-order chi connectivity index (χ0) is 16.4. The summed E-state index contributed by atoms with van der Waals surface area (Å²) in [5, 5.41) is 12.8. The summed E-state index contributed by atoms with van der Waals surface area (Å²) in [7, 11) is 0. The first-order valence-electron chi connectivity index (χ1n) is 7.38. The Hall–Kier alpha value is -2.95. The highest BCUT2D eigenvalue weighted by molar-refractivity contribution is 5.93. The van der Waals surface area contributed by atoms with Crippen LogP contribution in [-0.4, -0.2) is 27.1 Å². The minimum Gasteiger partial charge on any atom is -0.480 e. The smallest absolute Gasteiger partial charge is 0.325 e. The molecule has 5 heteroatoms. The van der Waals surface area contributed by atoms with Crippen LogP contribution in [0.25, 0.3) is 22.2 Å². The average molecular weight is 307 g/mol. The highest BCUT2D eigenvalue weighted by Gasteiger charge is 2.15. The van der Waals surface area contributed by atoms with Crippen LogP contribution in [0.5, 0.6) is 0 Å². The van der Waals surface area contributed by atoms with Gasteiger partial charge in [-0.3, -0.25) is 4.79 Å². The monoisotopic (exact) mass is 307 g/mol. The van der Waals surface area contributed by atoms with Crippen molar-refractivity contribution in [1.82, 2.24) is 9.97 Å². The molecule has 0 spiro atoms. The lowest BCUT2D eigenvalue weighted by Crippen LogP contribution is -2.26. The number of aliphatic carboxylic acids is 1. The summed E-state index contributed by atoms with van der Waals surface area (Å²) in [6.45, 7) is 3.58. The minimum atomic E-state index is -0.945. The van der Waals surface area contributed by atoms with Crippen molar-refractivity contribution in [3.63, 3.8) is 0 Å². The number of carbonyl (C=O) groups is 1. The van der Waals surface area contributed by atoms with Gasteiger partial charge < -0.3 is 10.4 Å². The number of benzene rings is 2. The van der Waals surface area contributed by atoms with E-state index in [1.165, 1.54) is 0 Å². The van der Waals surface area contributed by atoms with E-state index in [4.69, 9.17) is 5.11 Å². The Kier molecular flexibility index (Phi) is 3.93. The average Bonchev–Trinajstić information content (AvgIpc) is 2.55. The van der Waals surface area contributed by atoms with E-state index >= 15 is 0 Å². The van der Waals surface area contributed by atoms with Crippen LogP contribution in [0.15, 0.2) is 48.5 Å². The molecular formula is C18H17N3O2. The Labute approximate surface area is 134 Å². The number of nitrogens with one attached hydrogen (secondary N) is 1. The van der Waals surface area contributed by atoms with Crippen LogP contribution in [0, 0.1) is 6.92 Å². The van der Waals surface area contributed by atoms with E-state index < -0.39 is 12.0 Å². The lowest BCUT2D eigenvalue weighted by atomic mass is 10.0. The molecule has 2 N–H and O–H groups in total. The molecule has 1 aromatic heterocycles. The number of aryl methyl sites for hydroxylation is 1. The summed E-state index contributed by atoms with van der Waals surface area (Å²) in [6.07, 6.45) is 0. The van der Waals surface area contributed by atoms with Gasteiger partial charge in [0.25, 0.3) is 0 Å². The van der Waals surface area contributed by atoms with Crippen LogP contribution in [0.2, 0.25) is 0 Å². The number of hydrogen-bond acceptors (Lipinski definition) is 4. The zero-order valence-corrected chi connectivity index (χ0v) is 12.9. The van der Waals surface area contributed by atoms with Crippen molar-refractivity contribution in [2.75, 3.05) is 5.32 Å². The summed E-state index contributed by atoms with van der Waals surface area (Å²) in [5.74, 6) is -0.631. The molecule has 116 valence electrons. The summed E-state index contributed by atoms with van der Waals surface area (Å²) >= 11 is 0. The summed E-state index contributed by atoms with van der Waals surface area (Å²) < 4.78 is 0. The molecule has 0 aliphatic heterocycles. The molecule has 0 saturated heterocycles. The largest absolute Gasteiger partial charge is 0.480 e. The van der Waals surface area contributed by atoms with Crippen LogP contribution in [0.4, 0.5) is 5.95 Å². The number of aromatic nitrogens is 2. The molecular weight excluding hydrogens is 290 g/mol. The van der Waals surface area contributed by atoms with Crippen LogP contribution in [-0.2, 0) is 4.79 Å². The maximum absolute atomic E-state index is 11.0. The van der Waals surface area contributed by atoms with Gasteiger partial charge in [0, 0.05) is 10.9 Å². The molecule has 0 amide bonds. The summed E-state index contributed by atoms with van der Waals surface area (Å²) in [6, 6.07) is 15.0. The molecule has 0 fully saturated rings. The Morgan fingerprint density at radius 2 is 1.87 bits per heavy atom. The first-order valence-corrected chi connectivity index (χ1v) is 7.38. The number of anilines is 1. The number of rotatable bonds is 4. The highest BCUT2D eigenvalue weighted by Crippen LogP contribution is 2.28. The van der Waals surface area contributed by atoms with Crippen LogP contribution < -0.4 is 5.32 Å². The van der Waals surface area contributed by atoms with E-state index in [0.29, 0.717) is 5.95 Å². The molecule has 3 rings (SSSR count). The number of carboxylic acids is 1. The SMILES string of the molecule is Cc1ccc2nc(N[C@H](C)C(=O)O)nc(-c3ccccc3)c2c1. The Morgan fingerprint density at radius 3 is 2.57 bits per heavy atom. The fourth-order valence-electron chi connectivity index (χ4n) is 2.38. The third-order valence-electron chi connectivity index (χ3n) is 3.61. The molecule has 0 bridgehead atoms. The van der Waals surface area contributed by atoms with Gasteiger partial charge in [0.2, 0.25) is 5.95 Å². The molecule has 0 radical (unpaired) electrons. The predicted octanol–water partition coefficient (Wildman–Crippen LogP) is 3.49. The lowest BCUT2D eigenvalue weighted by molar-refractivity contribution is -0.137. The number of fused-ring (bicyclic) bond motifs is 1. The van der Waals surface area contributed by atoms with E-state index in [1.807, 2.05) is 55.5 Å². The van der Waals surface area contributed by atoms with Crippen molar-refractivity contribution >= 4 is 22.8 Å². The highest BCUT2D eigenvalue weighted by atomic mass is 16.4. The van der Waals surface area contributed by atoms with Crippen molar-refractivity contribution in [3.05, 3.63) is 54.1 Å². The van der Waals surface area contributed by atoms with E-state index in [1.54, 1.807) is 6.92 Å². The molecule has 2 aromatic carbocycles.